The number of hydrogen-bond donors (Lipinski definition) is 0. The third-order valence-electron chi connectivity index (χ3n) is 9.06. The smallest absolute Gasteiger partial charge is 0.302 e. The van der Waals surface area contributed by atoms with E-state index in [2.05, 4.69) is 70.9 Å². The maximum absolute atomic E-state index is 11.6. The lowest BCUT2D eigenvalue weighted by molar-refractivity contribution is -0.142. The fraction of sp³-hybridized carbons (Fsp3) is 0.140. The predicted octanol–water partition coefficient (Wildman–Crippen LogP) is 8.50. The van der Waals surface area contributed by atoms with Gasteiger partial charge in [0.05, 0.1) is 5.56 Å². The van der Waals surface area contributed by atoms with Crippen LogP contribution in [0.4, 0.5) is 0 Å². The van der Waals surface area contributed by atoms with Crippen molar-refractivity contribution >= 4 is 5.97 Å². The Morgan fingerprint density at radius 2 is 1.20 bits per heavy atom. The number of hydrogen-bond acceptors (Lipinski definition) is 7. The van der Waals surface area contributed by atoms with Gasteiger partial charge in [-0.15, -0.1) is 5.10 Å². The van der Waals surface area contributed by atoms with Gasteiger partial charge >= 0.3 is 5.97 Å². The Hall–Kier alpha value is -6.41. The highest BCUT2D eigenvalue weighted by molar-refractivity contribution is 5.82. The van der Waals surface area contributed by atoms with Crippen molar-refractivity contribution in [3.05, 3.63) is 185 Å². The molecule has 2 heterocycles. The molecule has 2 aromatic heterocycles. The molecule has 7 rings (SSSR count). The third-order valence-corrected chi connectivity index (χ3v) is 9.06. The summed E-state index contributed by atoms with van der Waals surface area (Å²) in [6.07, 6.45) is 0. The second-order valence-electron chi connectivity index (χ2n) is 12.3. The summed E-state index contributed by atoms with van der Waals surface area (Å²) in [6.45, 7) is 5.57. The highest BCUT2D eigenvalue weighted by Gasteiger charge is 2.42. The third kappa shape index (κ3) is 6.51. The average Bonchev–Trinajstić information content (AvgIpc) is 3.65. The summed E-state index contributed by atoms with van der Waals surface area (Å²) in [7, 11) is 0. The van der Waals surface area contributed by atoms with E-state index >= 15 is 0 Å². The van der Waals surface area contributed by atoms with Crippen LogP contribution in [-0.4, -0.2) is 31.2 Å². The maximum Gasteiger partial charge on any atom is 0.302 e. The van der Waals surface area contributed by atoms with Crippen LogP contribution in [0.2, 0.25) is 0 Å². The second-order valence-corrected chi connectivity index (χ2v) is 12.3. The van der Waals surface area contributed by atoms with Gasteiger partial charge in [0.25, 0.3) is 0 Å². The monoisotopic (exact) mass is 671 g/mol. The Kier molecular flexibility index (Phi) is 9.48. The molecular weight excluding hydrogens is 635 g/mol. The van der Waals surface area contributed by atoms with E-state index in [1.165, 1.54) is 6.92 Å². The van der Waals surface area contributed by atoms with E-state index in [-0.39, 0.29) is 19.2 Å². The Morgan fingerprint density at radius 1 is 0.667 bits per heavy atom. The molecule has 0 atom stereocenters. The Bertz CT molecular complexity index is 2170. The van der Waals surface area contributed by atoms with Crippen LogP contribution in [0.25, 0.3) is 22.5 Å². The number of tetrazole rings is 1. The Balaban J connectivity index is 1.36. The van der Waals surface area contributed by atoms with Gasteiger partial charge in [0.15, 0.2) is 5.82 Å². The number of esters is 1. The molecule has 0 aliphatic heterocycles. The molecule has 0 radical (unpaired) electrons. The van der Waals surface area contributed by atoms with Crippen molar-refractivity contribution in [1.82, 2.24) is 25.2 Å². The number of carbonyl (C=O) groups excluding carboxylic acids is 1. The van der Waals surface area contributed by atoms with Crippen LogP contribution in [0, 0.1) is 13.8 Å². The Labute approximate surface area is 297 Å². The minimum atomic E-state index is -0.895. The quantitative estimate of drug-likeness (QED) is 0.101. The molecule has 8 nitrogen and oxygen atoms in total. The van der Waals surface area contributed by atoms with Gasteiger partial charge in [-0.1, -0.05) is 140 Å². The summed E-state index contributed by atoms with van der Waals surface area (Å²) < 4.78 is 13.8. The van der Waals surface area contributed by atoms with E-state index in [9.17, 15) is 4.79 Å². The summed E-state index contributed by atoms with van der Waals surface area (Å²) in [5.74, 6) is 0.884. The molecule has 5 aromatic carbocycles. The number of pyridine rings is 1. The van der Waals surface area contributed by atoms with Crippen LogP contribution in [0.5, 0.6) is 5.75 Å². The minimum Gasteiger partial charge on any atom is -0.488 e. The lowest BCUT2D eigenvalue weighted by Crippen LogP contribution is -2.39. The number of aromatic nitrogens is 5. The molecule has 0 aliphatic carbocycles. The van der Waals surface area contributed by atoms with Crippen molar-refractivity contribution in [2.24, 2.45) is 0 Å². The zero-order valence-electron chi connectivity index (χ0n) is 28.7. The largest absolute Gasteiger partial charge is 0.488 e. The van der Waals surface area contributed by atoms with Gasteiger partial charge in [0.1, 0.15) is 24.5 Å². The summed E-state index contributed by atoms with van der Waals surface area (Å²) in [6, 6.07) is 49.4. The van der Waals surface area contributed by atoms with Crippen molar-refractivity contribution < 1.29 is 14.3 Å². The standard InChI is InChI=1S/C43H37N5O3/c1-30-27-41(40(31(2)44-30)29-50-32(3)49)51-28-33-17-13-14-24-37(33)38-25-15-16-26-39(38)42-45-46-47-48(42)43(34-18-7-4-8-19-34,35-20-9-5-10-21-35)36-22-11-6-12-23-36/h4-27H,28-29H2,1-3H3. The van der Waals surface area contributed by atoms with Crippen molar-refractivity contribution in [2.45, 2.75) is 39.5 Å². The molecule has 252 valence electrons. The van der Waals surface area contributed by atoms with E-state index in [0.717, 1.165) is 55.9 Å². The first-order chi connectivity index (χ1) is 25.0. The molecule has 0 aliphatic rings. The molecule has 7 aromatic rings. The average molecular weight is 672 g/mol. The number of rotatable bonds is 11. The Morgan fingerprint density at radius 3 is 1.78 bits per heavy atom. The molecule has 0 N–H and O–H groups in total. The molecule has 0 spiro atoms. The first kappa shape index (κ1) is 33.1. The number of aryl methyl sites for hydroxylation is 2. The topological polar surface area (TPSA) is 92.0 Å². The van der Waals surface area contributed by atoms with Gasteiger partial charge < -0.3 is 9.47 Å². The zero-order valence-corrected chi connectivity index (χ0v) is 28.7. The molecule has 8 heteroatoms. The van der Waals surface area contributed by atoms with Crippen LogP contribution >= 0.6 is 0 Å². The van der Waals surface area contributed by atoms with Crippen molar-refractivity contribution in [3.8, 4) is 28.3 Å². The van der Waals surface area contributed by atoms with Crippen LogP contribution in [-0.2, 0) is 28.3 Å². The van der Waals surface area contributed by atoms with Crippen LogP contribution in [0.1, 0.15) is 46.1 Å². The highest BCUT2D eigenvalue weighted by Crippen LogP contribution is 2.43. The summed E-state index contributed by atoms with van der Waals surface area (Å²) >= 11 is 0. The van der Waals surface area contributed by atoms with Gasteiger partial charge in [0.2, 0.25) is 0 Å². The van der Waals surface area contributed by atoms with E-state index in [0.29, 0.717) is 11.6 Å². The number of carbonyl (C=O) groups is 1. The zero-order chi connectivity index (χ0) is 35.2. The first-order valence-corrected chi connectivity index (χ1v) is 16.8. The molecule has 0 fully saturated rings. The van der Waals surface area contributed by atoms with E-state index < -0.39 is 5.54 Å². The fourth-order valence-electron chi connectivity index (χ4n) is 6.76. The van der Waals surface area contributed by atoms with Crippen LogP contribution in [0.3, 0.4) is 0 Å². The number of ether oxygens (including phenoxy) is 2. The maximum atomic E-state index is 11.6. The van der Waals surface area contributed by atoms with Crippen molar-refractivity contribution in [2.75, 3.05) is 0 Å². The second kappa shape index (κ2) is 14.6. The molecule has 0 bridgehead atoms. The molecular formula is C43H37N5O3. The van der Waals surface area contributed by atoms with Gasteiger partial charge in [-0.3, -0.25) is 9.78 Å². The first-order valence-electron chi connectivity index (χ1n) is 16.8. The highest BCUT2D eigenvalue weighted by atomic mass is 16.5. The van der Waals surface area contributed by atoms with Crippen LogP contribution < -0.4 is 4.74 Å². The predicted molar refractivity (Wildman–Crippen MR) is 197 cm³/mol. The SMILES string of the molecule is CC(=O)OCc1c(OCc2ccccc2-c2ccccc2-c2nnnn2C(c2ccccc2)(c2ccccc2)c2ccccc2)cc(C)nc1C. The van der Waals surface area contributed by atoms with E-state index in [1.54, 1.807) is 0 Å². The fourth-order valence-corrected chi connectivity index (χ4v) is 6.76. The molecule has 0 saturated heterocycles. The van der Waals surface area contributed by atoms with Crippen molar-refractivity contribution in [3.63, 3.8) is 0 Å². The lowest BCUT2D eigenvalue weighted by atomic mass is 9.77. The van der Waals surface area contributed by atoms with E-state index in [4.69, 9.17) is 19.8 Å². The number of nitrogens with zero attached hydrogens (tertiary/aromatic N) is 5. The molecule has 0 amide bonds. The van der Waals surface area contributed by atoms with Crippen molar-refractivity contribution in [1.29, 1.82) is 0 Å². The van der Waals surface area contributed by atoms with Crippen LogP contribution in [0.15, 0.2) is 146 Å². The normalized spacial score (nSPS) is 11.3. The number of benzene rings is 5. The lowest BCUT2D eigenvalue weighted by Gasteiger charge is -2.36. The molecule has 51 heavy (non-hydrogen) atoms. The summed E-state index contributed by atoms with van der Waals surface area (Å²) in [5.41, 5.74) is 8.27. The summed E-state index contributed by atoms with van der Waals surface area (Å²) in [5, 5.41) is 13.8. The van der Waals surface area contributed by atoms with Gasteiger partial charge in [-0.25, -0.2) is 4.68 Å². The summed E-state index contributed by atoms with van der Waals surface area (Å²) in [4.78, 5) is 16.2. The molecule has 0 unspecified atom stereocenters. The minimum absolute atomic E-state index is 0.0862. The molecule has 0 saturated carbocycles. The van der Waals surface area contributed by atoms with Gasteiger partial charge in [-0.05, 0) is 57.7 Å². The van der Waals surface area contributed by atoms with Gasteiger partial charge in [0, 0.05) is 29.9 Å². The van der Waals surface area contributed by atoms with E-state index in [1.807, 2.05) is 103 Å². The van der Waals surface area contributed by atoms with Gasteiger partial charge in [-0.2, -0.15) is 0 Å².